The van der Waals surface area contributed by atoms with Crippen LogP contribution in [0.25, 0.3) is 0 Å². The van der Waals surface area contributed by atoms with Crippen molar-refractivity contribution in [3.63, 3.8) is 0 Å². The molecule has 110 valence electrons. The molecule has 1 aliphatic heterocycles. The quantitative estimate of drug-likeness (QED) is 0.888. The zero-order chi connectivity index (χ0) is 14.7. The number of carbonyl (C=O) groups is 2. The summed E-state index contributed by atoms with van der Waals surface area (Å²) in [4.78, 5) is 26.4. The van der Waals surface area contributed by atoms with Gasteiger partial charge in [-0.25, -0.2) is 4.79 Å². The minimum Gasteiger partial charge on any atom is -0.376 e. The molecule has 0 aromatic carbocycles. The molecular weight excluding hydrogens is 278 g/mol. The fourth-order valence-electron chi connectivity index (χ4n) is 2.27. The van der Waals surface area contributed by atoms with Crippen molar-refractivity contribution in [1.29, 1.82) is 0 Å². The third-order valence-electron chi connectivity index (χ3n) is 3.34. The Hall–Kier alpha value is -1.60. The van der Waals surface area contributed by atoms with Crippen LogP contribution in [0.15, 0.2) is 0 Å². The lowest BCUT2D eigenvalue weighted by atomic mass is 10.1. The summed E-state index contributed by atoms with van der Waals surface area (Å²) in [6, 6.07) is -0.211. The molecule has 3 amide bonds. The van der Waals surface area contributed by atoms with Crippen molar-refractivity contribution in [1.82, 2.24) is 4.90 Å². The van der Waals surface area contributed by atoms with Crippen molar-refractivity contribution in [2.45, 2.75) is 26.9 Å². The number of hydrogen-bond acceptors (Lipinski definition) is 4. The van der Waals surface area contributed by atoms with Gasteiger partial charge in [0.05, 0.1) is 18.8 Å². The minimum atomic E-state index is -0.501. The molecule has 0 radical (unpaired) electrons. The van der Waals surface area contributed by atoms with Crippen LogP contribution in [0.3, 0.4) is 0 Å². The summed E-state index contributed by atoms with van der Waals surface area (Å²) in [7, 11) is 0. The molecule has 1 aliphatic rings. The van der Waals surface area contributed by atoms with Crippen molar-refractivity contribution in [3.8, 4) is 0 Å². The highest BCUT2D eigenvalue weighted by molar-refractivity contribution is 7.17. The van der Waals surface area contributed by atoms with E-state index >= 15 is 0 Å². The Kier molecular flexibility index (Phi) is 4.61. The molecule has 7 heteroatoms. The number of nitrogens with two attached hydrogens (primary N) is 1. The van der Waals surface area contributed by atoms with Crippen LogP contribution in [-0.4, -0.2) is 36.5 Å². The number of primary amides is 1. The smallest absolute Gasteiger partial charge is 0.322 e. The number of urea groups is 1. The highest BCUT2D eigenvalue weighted by atomic mass is 32.1. The van der Waals surface area contributed by atoms with E-state index < -0.39 is 5.91 Å². The normalized spacial score (nSPS) is 13.7. The summed E-state index contributed by atoms with van der Waals surface area (Å²) < 4.78 is 5.37. The highest BCUT2D eigenvalue weighted by Crippen LogP contribution is 2.36. The number of thiophene rings is 1. The van der Waals surface area contributed by atoms with Gasteiger partial charge < -0.3 is 15.4 Å². The van der Waals surface area contributed by atoms with Crippen molar-refractivity contribution in [3.05, 3.63) is 16.0 Å². The van der Waals surface area contributed by atoms with E-state index in [1.807, 2.05) is 13.8 Å². The molecule has 2 heterocycles. The summed E-state index contributed by atoms with van der Waals surface area (Å²) >= 11 is 1.37. The molecule has 0 spiro atoms. The summed E-state index contributed by atoms with van der Waals surface area (Å²) in [6.07, 6.45) is 0.658. The van der Waals surface area contributed by atoms with Gasteiger partial charge in [0, 0.05) is 18.0 Å². The monoisotopic (exact) mass is 297 g/mol. The van der Waals surface area contributed by atoms with E-state index in [1.54, 1.807) is 4.90 Å². The Bertz CT molecular complexity index is 523. The maximum Gasteiger partial charge on any atom is 0.322 e. The van der Waals surface area contributed by atoms with Gasteiger partial charge in [-0.3, -0.25) is 10.1 Å². The van der Waals surface area contributed by atoms with E-state index in [0.29, 0.717) is 43.3 Å². The second-order valence-corrected chi connectivity index (χ2v) is 5.58. The Balaban J connectivity index is 2.29. The maximum atomic E-state index is 12.1. The number of hydrogen-bond donors (Lipinski definition) is 2. The molecule has 6 nitrogen and oxygen atoms in total. The second kappa shape index (κ2) is 6.23. The van der Waals surface area contributed by atoms with Crippen LogP contribution < -0.4 is 11.1 Å². The first-order valence-corrected chi connectivity index (χ1v) is 7.48. The van der Waals surface area contributed by atoms with Gasteiger partial charge in [0.2, 0.25) is 0 Å². The molecule has 0 fully saturated rings. The number of nitrogens with one attached hydrogen (secondary N) is 1. The van der Waals surface area contributed by atoms with Gasteiger partial charge in [-0.2, -0.15) is 0 Å². The van der Waals surface area contributed by atoms with Gasteiger partial charge >= 0.3 is 6.03 Å². The van der Waals surface area contributed by atoms with E-state index in [4.69, 9.17) is 10.5 Å². The molecule has 20 heavy (non-hydrogen) atoms. The average molecular weight is 297 g/mol. The van der Waals surface area contributed by atoms with Gasteiger partial charge in [0.15, 0.2) is 0 Å². The zero-order valence-electron chi connectivity index (χ0n) is 11.7. The van der Waals surface area contributed by atoms with E-state index in [9.17, 15) is 9.59 Å². The van der Waals surface area contributed by atoms with Gasteiger partial charge in [0.1, 0.15) is 5.00 Å². The number of fused-ring (bicyclic) bond motifs is 1. The predicted molar refractivity (Wildman–Crippen MR) is 78.1 cm³/mol. The van der Waals surface area contributed by atoms with Crippen molar-refractivity contribution in [2.75, 3.05) is 25.0 Å². The third-order valence-corrected chi connectivity index (χ3v) is 4.46. The van der Waals surface area contributed by atoms with E-state index in [-0.39, 0.29) is 6.03 Å². The summed E-state index contributed by atoms with van der Waals surface area (Å²) in [6.45, 7) is 6.09. The van der Waals surface area contributed by atoms with Crippen LogP contribution in [0.1, 0.15) is 34.6 Å². The molecule has 0 saturated carbocycles. The Morgan fingerprint density at radius 3 is 2.70 bits per heavy atom. The number of ether oxygens (including phenoxy) is 1. The predicted octanol–water partition coefficient (Wildman–Crippen LogP) is 1.79. The van der Waals surface area contributed by atoms with Crippen LogP contribution in [0, 0.1) is 0 Å². The van der Waals surface area contributed by atoms with Crippen LogP contribution in [-0.2, 0) is 17.8 Å². The Labute approximate surface area is 121 Å². The number of rotatable bonds is 4. The molecule has 1 aromatic heterocycles. The van der Waals surface area contributed by atoms with E-state index in [2.05, 4.69) is 5.32 Å². The van der Waals surface area contributed by atoms with E-state index in [1.165, 1.54) is 11.3 Å². The fourth-order valence-corrected chi connectivity index (χ4v) is 3.45. The lowest BCUT2D eigenvalue weighted by molar-refractivity contribution is 0.0991. The molecule has 2 rings (SSSR count). The topological polar surface area (TPSA) is 84.7 Å². The molecule has 0 unspecified atom stereocenters. The van der Waals surface area contributed by atoms with Crippen molar-refractivity contribution < 1.29 is 14.3 Å². The molecular formula is C13H19N3O3S. The number of amides is 3. The highest BCUT2D eigenvalue weighted by Gasteiger charge is 2.25. The number of nitrogens with zero attached hydrogens (tertiary/aromatic N) is 1. The maximum absolute atomic E-state index is 12.1. The molecule has 0 aliphatic carbocycles. The largest absolute Gasteiger partial charge is 0.376 e. The van der Waals surface area contributed by atoms with Crippen LogP contribution >= 0.6 is 11.3 Å². The average Bonchev–Trinajstić information content (AvgIpc) is 2.77. The molecule has 0 saturated heterocycles. The van der Waals surface area contributed by atoms with Crippen molar-refractivity contribution in [2.24, 2.45) is 5.73 Å². The number of anilines is 1. The molecule has 1 aromatic rings. The molecule has 0 bridgehead atoms. The van der Waals surface area contributed by atoms with Gasteiger partial charge in [-0.15, -0.1) is 11.3 Å². The fraction of sp³-hybridized carbons (Fsp3) is 0.538. The van der Waals surface area contributed by atoms with Gasteiger partial charge in [-0.1, -0.05) is 0 Å². The summed E-state index contributed by atoms with van der Waals surface area (Å²) in [5, 5.41) is 3.33. The lowest BCUT2D eigenvalue weighted by Crippen LogP contribution is -2.34. The first-order valence-electron chi connectivity index (χ1n) is 6.66. The molecule has 0 atom stereocenters. The van der Waals surface area contributed by atoms with E-state index in [0.717, 1.165) is 10.4 Å². The first-order chi connectivity index (χ1) is 9.58. The Morgan fingerprint density at radius 1 is 1.40 bits per heavy atom. The SMILES string of the molecule is CCN(CC)C(=O)Nc1sc2c(c1C(N)=O)CCOC2. The lowest BCUT2D eigenvalue weighted by Gasteiger charge is -2.19. The summed E-state index contributed by atoms with van der Waals surface area (Å²) in [5.74, 6) is -0.501. The van der Waals surface area contributed by atoms with Crippen LogP contribution in [0.4, 0.5) is 9.80 Å². The van der Waals surface area contributed by atoms with Gasteiger partial charge in [0.25, 0.3) is 5.91 Å². The van der Waals surface area contributed by atoms with Gasteiger partial charge in [-0.05, 0) is 25.8 Å². The van der Waals surface area contributed by atoms with Crippen LogP contribution in [0.5, 0.6) is 0 Å². The standard InChI is InChI=1S/C13H19N3O3S/c1-3-16(4-2)13(18)15-12-10(11(14)17)8-5-6-19-7-9(8)20-12/h3-7H2,1-2H3,(H2,14,17)(H,15,18). The summed E-state index contributed by atoms with van der Waals surface area (Å²) in [5.41, 5.74) is 6.82. The first kappa shape index (κ1) is 14.8. The van der Waals surface area contributed by atoms with Crippen LogP contribution in [0.2, 0.25) is 0 Å². The second-order valence-electron chi connectivity index (χ2n) is 4.48. The Morgan fingerprint density at radius 2 is 2.10 bits per heavy atom. The third kappa shape index (κ3) is 2.78. The molecule has 3 N–H and O–H groups in total. The zero-order valence-corrected chi connectivity index (χ0v) is 12.5. The number of carbonyl (C=O) groups excluding carboxylic acids is 2. The van der Waals surface area contributed by atoms with Crippen molar-refractivity contribution >= 4 is 28.3 Å². The minimum absolute atomic E-state index is 0.211.